The van der Waals surface area contributed by atoms with Crippen molar-refractivity contribution in [2.75, 3.05) is 26.2 Å². The van der Waals surface area contributed by atoms with Gasteiger partial charge in [0.1, 0.15) is 6.33 Å². The molecule has 3 aromatic rings. The molecule has 2 fully saturated rings. The second-order valence-electron chi connectivity index (χ2n) is 8.23. The number of aromatic nitrogens is 4. The van der Waals surface area contributed by atoms with E-state index in [0.717, 1.165) is 62.9 Å². The minimum atomic E-state index is -0.00308. The van der Waals surface area contributed by atoms with Crippen LogP contribution in [0, 0.1) is 0 Å². The van der Waals surface area contributed by atoms with Gasteiger partial charge < -0.3 is 9.88 Å². The van der Waals surface area contributed by atoms with Crippen molar-refractivity contribution < 1.29 is 4.79 Å². The number of hydrogen-bond donors (Lipinski definition) is 1. The van der Waals surface area contributed by atoms with Crippen LogP contribution in [0.4, 0.5) is 0 Å². The minimum Gasteiger partial charge on any atom is -0.336 e. The molecule has 3 heterocycles. The molecule has 1 aromatic carbocycles. The monoisotopic (exact) mass is 406 g/mol. The number of carbonyl (C=O) groups excluding carboxylic acids is 1. The van der Waals surface area contributed by atoms with E-state index in [1.807, 2.05) is 33.7 Å². The lowest BCUT2D eigenvalue weighted by Crippen LogP contribution is -2.52. The highest BCUT2D eigenvalue weighted by atomic mass is 16.2. The molecular weight excluding hydrogens is 380 g/mol. The first-order valence-electron chi connectivity index (χ1n) is 10.7. The summed E-state index contributed by atoms with van der Waals surface area (Å²) in [6.45, 7) is 3.24. The summed E-state index contributed by atoms with van der Waals surface area (Å²) >= 11 is 0. The zero-order valence-corrected chi connectivity index (χ0v) is 16.9. The number of piperazine rings is 1. The van der Waals surface area contributed by atoms with E-state index >= 15 is 0 Å². The third kappa shape index (κ3) is 3.52. The van der Waals surface area contributed by atoms with Gasteiger partial charge in [-0.05, 0) is 37.8 Å². The van der Waals surface area contributed by atoms with E-state index in [2.05, 4.69) is 19.9 Å². The van der Waals surface area contributed by atoms with Crippen LogP contribution >= 0.6 is 0 Å². The molecule has 2 aromatic heterocycles. The third-order valence-electron chi connectivity index (χ3n) is 6.58. The van der Waals surface area contributed by atoms with E-state index in [-0.39, 0.29) is 17.6 Å². The lowest BCUT2D eigenvalue weighted by atomic mass is 9.89. The van der Waals surface area contributed by atoms with E-state index in [0.29, 0.717) is 11.6 Å². The van der Waals surface area contributed by atoms with E-state index in [9.17, 15) is 9.59 Å². The summed E-state index contributed by atoms with van der Waals surface area (Å²) in [5.41, 5.74) is 2.46. The van der Waals surface area contributed by atoms with Crippen LogP contribution in [-0.4, -0.2) is 67.4 Å². The molecule has 156 valence electrons. The van der Waals surface area contributed by atoms with Crippen molar-refractivity contribution in [3.63, 3.8) is 0 Å². The standard InChI is InChI=1S/C22H26N6O2/c29-21(16-13-23-15-24-14-16)27-11-9-26(10-12-27)17-5-7-18(8-6-17)28-20-4-2-1-3-19(20)25-22(28)30/h1-4,13-15,17-18H,5-12H2,(H,25,30). The Morgan fingerprint density at radius 1 is 0.933 bits per heavy atom. The number of carbonyl (C=O) groups is 1. The van der Waals surface area contributed by atoms with E-state index in [4.69, 9.17) is 0 Å². The molecule has 0 radical (unpaired) electrons. The quantitative estimate of drug-likeness (QED) is 0.719. The fraction of sp³-hybridized carbons (Fsp3) is 0.455. The van der Waals surface area contributed by atoms with Crippen molar-refractivity contribution >= 4 is 16.9 Å². The zero-order valence-electron chi connectivity index (χ0n) is 16.9. The zero-order chi connectivity index (χ0) is 20.5. The molecule has 0 bridgehead atoms. The van der Waals surface area contributed by atoms with E-state index in [1.54, 1.807) is 12.4 Å². The molecule has 5 rings (SSSR count). The van der Waals surface area contributed by atoms with Crippen LogP contribution in [-0.2, 0) is 0 Å². The second-order valence-corrected chi connectivity index (χ2v) is 8.23. The maximum atomic E-state index is 12.6. The fourth-order valence-corrected chi connectivity index (χ4v) is 5.00. The van der Waals surface area contributed by atoms with Gasteiger partial charge >= 0.3 is 5.69 Å². The fourth-order valence-electron chi connectivity index (χ4n) is 5.00. The molecule has 1 amide bonds. The normalized spacial score (nSPS) is 23.0. The highest BCUT2D eigenvalue weighted by Crippen LogP contribution is 2.32. The summed E-state index contributed by atoms with van der Waals surface area (Å²) in [5.74, 6) is 0.0117. The number of hydrogen-bond acceptors (Lipinski definition) is 5. The van der Waals surface area contributed by atoms with E-state index in [1.165, 1.54) is 6.33 Å². The minimum absolute atomic E-state index is 0.00308. The van der Waals surface area contributed by atoms with Gasteiger partial charge in [-0.2, -0.15) is 0 Å². The maximum absolute atomic E-state index is 12.6. The van der Waals surface area contributed by atoms with Crippen molar-refractivity contribution in [3.8, 4) is 0 Å². The first-order valence-corrected chi connectivity index (χ1v) is 10.7. The molecule has 1 aliphatic heterocycles. The van der Waals surface area contributed by atoms with Crippen molar-refractivity contribution in [3.05, 3.63) is 59.0 Å². The van der Waals surface area contributed by atoms with Crippen LogP contribution in [0.1, 0.15) is 42.1 Å². The van der Waals surface area contributed by atoms with Crippen LogP contribution in [0.25, 0.3) is 11.0 Å². The van der Waals surface area contributed by atoms with Crippen molar-refractivity contribution in [2.45, 2.75) is 37.8 Å². The third-order valence-corrected chi connectivity index (χ3v) is 6.58. The van der Waals surface area contributed by atoms with Crippen LogP contribution in [0.2, 0.25) is 0 Å². The molecule has 1 N–H and O–H groups in total. The molecule has 30 heavy (non-hydrogen) atoms. The molecule has 1 saturated heterocycles. The Hall–Kier alpha value is -3.00. The highest BCUT2D eigenvalue weighted by Gasteiger charge is 2.31. The topological polar surface area (TPSA) is 87.1 Å². The largest absolute Gasteiger partial charge is 0.336 e. The van der Waals surface area contributed by atoms with Crippen LogP contribution in [0.3, 0.4) is 0 Å². The molecule has 1 saturated carbocycles. The van der Waals surface area contributed by atoms with Gasteiger partial charge in [-0.25, -0.2) is 14.8 Å². The van der Waals surface area contributed by atoms with Gasteiger partial charge in [0.15, 0.2) is 0 Å². The number of aromatic amines is 1. The lowest BCUT2D eigenvalue weighted by Gasteiger charge is -2.42. The van der Waals surface area contributed by atoms with Crippen LogP contribution < -0.4 is 5.69 Å². The Morgan fingerprint density at radius 3 is 2.33 bits per heavy atom. The number of nitrogens with one attached hydrogen (secondary N) is 1. The molecule has 1 aliphatic carbocycles. The van der Waals surface area contributed by atoms with Gasteiger partial charge in [-0.3, -0.25) is 14.3 Å². The van der Waals surface area contributed by atoms with Gasteiger partial charge in [0.05, 0.1) is 16.6 Å². The summed E-state index contributed by atoms with van der Waals surface area (Å²) < 4.78 is 1.95. The van der Waals surface area contributed by atoms with Crippen LogP contribution in [0.15, 0.2) is 47.8 Å². The number of rotatable bonds is 3. The van der Waals surface area contributed by atoms with Crippen molar-refractivity contribution in [1.29, 1.82) is 0 Å². The Morgan fingerprint density at radius 2 is 1.60 bits per heavy atom. The number of H-pyrrole nitrogens is 1. The maximum Gasteiger partial charge on any atom is 0.326 e. The Bertz CT molecular complexity index is 1080. The predicted molar refractivity (Wildman–Crippen MR) is 113 cm³/mol. The second kappa shape index (κ2) is 8.02. The summed E-state index contributed by atoms with van der Waals surface area (Å²) in [5, 5.41) is 0. The van der Waals surface area contributed by atoms with Gasteiger partial charge in [0.2, 0.25) is 0 Å². The average Bonchev–Trinajstić information content (AvgIpc) is 3.15. The highest BCUT2D eigenvalue weighted by molar-refractivity contribution is 5.93. The molecule has 0 unspecified atom stereocenters. The van der Waals surface area contributed by atoms with Crippen molar-refractivity contribution in [1.82, 2.24) is 29.3 Å². The summed E-state index contributed by atoms with van der Waals surface area (Å²) in [6.07, 6.45) is 8.77. The molecular formula is C22H26N6O2. The number of nitrogens with zero attached hydrogens (tertiary/aromatic N) is 5. The molecule has 0 atom stereocenters. The van der Waals surface area contributed by atoms with Gasteiger partial charge in [-0.15, -0.1) is 0 Å². The number of imidazole rings is 1. The summed E-state index contributed by atoms with van der Waals surface area (Å²) in [7, 11) is 0. The predicted octanol–water partition coefficient (Wildman–Crippen LogP) is 2.06. The first kappa shape index (κ1) is 19.0. The number of amides is 1. The van der Waals surface area contributed by atoms with Crippen LogP contribution in [0.5, 0.6) is 0 Å². The Labute approximate surface area is 174 Å². The van der Waals surface area contributed by atoms with Gasteiger partial charge in [0.25, 0.3) is 5.91 Å². The van der Waals surface area contributed by atoms with Gasteiger partial charge in [-0.1, -0.05) is 12.1 Å². The smallest absolute Gasteiger partial charge is 0.326 e. The molecule has 0 spiro atoms. The summed E-state index contributed by atoms with van der Waals surface area (Å²) in [4.78, 5) is 40.4. The average molecular weight is 406 g/mol. The van der Waals surface area contributed by atoms with Gasteiger partial charge in [0, 0.05) is 50.7 Å². The Balaban J connectivity index is 1.18. The molecule has 8 nitrogen and oxygen atoms in total. The number of para-hydroxylation sites is 2. The SMILES string of the molecule is O=C(c1cncnc1)N1CCN(C2CCC(n3c(=O)[nH]c4ccccc43)CC2)CC1. The van der Waals surface area contributed by atoms with Crippen molar-refractivity contribution in [2.24, 2.45) is 0 Å². The van der Waals surface area contributed by atoms with E-state index < -0.39 is 0 Å². The lowest BCUT2D eigenvalue weighted by molar-refractivity contribution is 0.0499. The number of benzene rings is 1. The molecule has 2 aliphatic rings. The Kier molecular flexibility index (Phi) is 5.08. The molecule has 8 heteroatoms. The first-order chi connectivity index (χ1) is 14.7. The number of fused-ring (bicyclic) bond motifs is 1. The summed E-state index contributed by atoms with van der Waals surface area (Å²) in [6, 6.07) is 8.70.